The van der Waals surface area contributed by atoms with Crippen LogP contribution in [-0.4, -0.2) is 21.3 Å². The van der Waals surface area contributed by atoms with Crippen molar-refractivity contribution in [2.45, 2.75) is 13.5 Å². The van der Waals surface area contributed by atoms with Gasteiger partial charge in [-0.1, -0.05) is 34.8 Å². The van der Waals surface area contributed by atoms with E-state index in [1.807, 2.05) is 24.0 Å². The van der Waals surface area contributed by atoms with Crippen molar-refractivity contribution in [3.63, 3.8) is 0 Å². The SMILES string of the molecule is Cc1cnn(CCNc2nc(Cl)c(Cl)cc2Cl)c1. The molecule has 0 aromatic carbocycles. The molecule has 2 aromatic heterocycles. The zero-order valence-electron chi connectivity index (χ0n) is 9.62. The number of aromatic nitrogens is 3. The second kappa shape index (κ2) is 5.78. The Bertz CT molecular complexity index is 553. The predicted molar refractivity (Wildman–Crippen MR) is 74.7 cm³/mol. The Morgan fingerprint density at radius 1 is 1.28 bits per heavy atom. The van der Waals surface area contributed by atoms with Gasteiger partial charge in [-0.15, -0.1) is 0 Å². The monoisotopic (exact) mass is 304 g/mol. The summed E-state index contributed by atoms with van der Waals surface area (Å²) in [6, 6.07) is 1.57. The number of anilines is 1. The molecule has 2 heterocycles. The van der Waals surface area contributed by atoms with Gasteiger partial charge in [0.2, 0.25) is 0 Å². The summed E-state index contributed by atoms with van der Waals surface area (Å²) in [7, 11) is 0. The minimum atomic E-state index is 0.235. The van der Waals surface area contributed by atoms with Crippen LogP contribution in [0.3, 0.4) is 0 Å². The molecule has 1 N–H and O–H groups in total. The van der Waals surface area contributed by atoms with Gasteiger partial charge in [0, 0.05) is 12.7 Å². The number of hydrogen-bond donors (Lipinski definition) is 1. The number of hydrogen-bond acceptors (Lipinski definition) is 3. The highest BCUT2D eigenvalue weighted by Crippen LogP contribution is 2.28. The van der Waals surface area contributed by atoms with E-state index in [4.69, 9.17) is 34.8 Å². The van der Waals surface area contributed by atoms with E-state index in [0.29, 0.717) is 29.0 Å². The lowest BCUT2D eigenvalue weighted by atomic mass is 10.4. The summed E-state index contributed by atoms with van der Waals surface area (Å²) in [5.41, 5.74) is 1.13. The van der Waals surface area contributed by atoms with Crippen LogP contribution in [-0.2, 0) is 6.54 Å². The molecule has 0 amide bonds. The molecule has 0 saturated carbocycles. The molecule has 96 valence electrons. The fourth-order valence-corrected chi connectivity index (χ4v) is 2.01. The standard InChI is InChI=1S/C11H11Cl3N4/c1-7-5-16-18(6-7)3-2-15-11-9(13)4-8(12)10(14)17-11/h4-6H,2-3H2,1H3,(H,15,17). The van der Waals surface area contributed by atoms with Gasteiger partial charge in [0.05, 0.1) is 22.8 Å². The fourth-order valence-electron chi connectivity index (χ4n) is 1.45. The lowest BCUT2D eigenvalue weighted by Gasteiger charge is -2.08. The third-order valence-corrected chi connectivity index (χ3v) is 3.24. The van der Waals surface area contributed by atoms with E-state index >= 15 is 0 Å². The minimum absolute atomic E-state index is 0.235. The molecular weight excluding hydrogens is 295 g/mol. The van der Waals surface area contributed by atoms with Gasteiger partial charge in [0.1, 0.15) is 11.0 Å². The zero-order chi connectivity index (χ0) is 13.1. The summed E-state index contributed by atoms with van der Waals surface area (Å²) in [6.45, 7) is 3.35. The molecule has 0 aliphatic carbocycles. The molecule has 4 nitrogen and oxygen atoms in total. The molecule has 2 rings (SSSR count). The number of aryl methyl sites for hydroxylation is 1. The fraction of sp³-hybridized carbons (Fsp3) is 0.273. The van der Waals surface area contributed by atoms with Crippen LogP contribution >= 0.6 is 34.8 Å². The number of rotatable bonds is 4. The molecule has 0 saturated heterocycles. The van der Waals surface area contributed by atoms with Gasteiger partial charge in [-0.05, 0) is 18.6 Å². The van der Waals surface area contributed by atoms with Crippen LogP contribution in [0.25, 0.3) is 0 Å². The van der Waals surface area contributed by atoms with Gasteiger partial charge in [0.25, 0.3) is 0 Å². The Morgan fingerprint density at radius 3 is 2.72 bits per heavy atom. The van der Waals surface area contributed by atoms with Crippen LogP contribution in [0.5, 0.6) is 0 Å². The zero-order valence-corrected chi connectivity index (χ0v) is 11.9. The van der Waals surface area contributed by atoms with Gasteiger partial charge in [-0.25, -0.2) is 4.98 Å². The van der Waals surface area contributed by atoms with Crippen molar-refractivity contribution in [2.75, 3.05) is 11.9 Å². The molecule has 0 radical (unpaired) electrons. The van der Waals surface area contributed by atoms with E-state index in [1.54, 1.807) is 6.07 Å². The average Bonchev–Trinajstić information content (AvgIpc) is 2.71. The number of halogens is 3. The van der Waals surface area contributed by atoms with Crippen LogP contribution in [0, 0.1) is 6.92 Å². The molecule has 0 spiro atoms. The van der Waals surface area contributed by atoms with Gasteiger partial charge in [-0.2, -0.15) is 5.10 Å². The molecule has 0 fully saturated rings. The smallest absolute Gasteiger partial charge is 0.150 e. The van der Waals surface area contributed by atoms with Crippen molar-refractivity contribution in [1.29, 1.82) is 0 Å². The van der Waals surface area contributed by atoms with Crippen LogP contribution < -0.4 is 5.32 Å². The van der Waals surface area contributed by atoms with Crippen molar-refractivity contribution < 1.29 is 0 Å². The normalized spacial score (nSPS) is 10.7. The number of nitrogens with zero attached hydrogens (tertiary/aromatic N) is 3. The van der Waals surface area contributed by atoms with E-state index in [2.05, 4.69) is 15.4 Å². The third kappa shape index (κ3) is 3.28. The molecule has 0 atom stereocenters. The number of pyridine rings is 1. The van der Waals surface area contributed by atoms with Crippen molar-refractivity contribution in [3.05, 3.63) is 39.2 Å². The van der Waals surface area contributed by atoms with E-state index in [0.717, 1.165) is 5.56 Å². The highest BCUT2D eigenvalue weighted by Gasteiger charge is 2.07. The molecule has 7 heteroatoms. The molecule has 0 bridgehead atoms. The molecular formula is C11H11Cl3N4. The first-order valence-electron chi connectivity index (χ1n) is 5.31. The van der Waals surface area contributed by atoms with E-state index < -0.39 is 0 Å². The quantitative estimate of drug-likeness (QED) is 0.877. The maximum atomic E-state index is 6.00. The molecule has 2 aromatic rings. The topological polar surface area (TPSA) is 42.7 Å². The lowest BCUT2D eigenvalue weighted by Crippen LogP contribution is -2.12. The van der Waals surface area contributed by atoms with E-state index in [1.165, 1.54) is 0 Å². The first kappa shape index (κ1) is 13.5. The Hall–Kier alpha value is -0.970. The van der Waals surface area contributed by atoms with E-state index in [-0.39, 0.29) is 5.15 Å². The van der Waals surface area contributed by atoms with Crippen molar-refractivity contribution in [2.24, 2.45) is 0 Å². The van der Waals surface area contributed by atoms with Gasteiger partial charge < -0.3 is 5.32 Å². The summed E-state index contributed by atoms with van der Waals surface area (Å²) in [5.74, 6) is 0.523. The van der Waals surface area contributed by atoms with Gasteiger partial charge in [0.15, 0.2) is 0 Å². The first-order chi connectivity index (χ1) is 8.56. The van der Waals surface area contributed by atoms with Crippen LogP contribution in [0.1, 0.15) is 5.56 Å². The van der Waals surface area contributed by atoms with Crippen molar-refractivity contribution >= 4 is 40.6 Å². The summed E-state index contributed by atoms with van der Waals surface area (Å²) in [6.07, 6.45) is 3.77. The molecule has 0 aliphatic rings. The van der Waals surface area contributed by atoms with Gasteiger partial charge >= 0.3 is 0 Å². The minimum Gasteiger partial charge on any atom is -0.367 e. The maximum absolute atomic E-state index is 6.00. The second-order valence-corrected chi connectivity index (χ2v) is 4.97. The van der Waals surface area contributed by atoms with Crippen LogP contribution in [0.2, 0.25) is 15.2 Å². The maximum Gasteiger partial charge on any atom is 0.150 e. The highest BCUT2D eigenvalue weighted by atomic mass is 35.5. The summed E-state index contributed by atoms with van der Waals surface area (Å²) < 4.78 is 1.84. The summed E-state index contributed by atoms with van der Waals surface area (Å²) in [5, 5.41) is 8.29. The first-order valence-corrected chi connectivity index (χ1v) is 6.44. The Kier molecular flexibility index (Phi) is 4.32. The summed E-state index contributed by atoms with van der Waals surface area (Å²) in [4.78, 5) is 4.07. The van der Waals surface area contributed by atoms with E-state index in [9.17, 15) is 0 Å². The van der Waals surface area contributed by atoms with Crippen LogP contribution in [0.4, 0.5) is 5.82 Å². The average molecular weight is 306 g/mol. The predicted octanol–water partition coefficient (Wildman–Crippen LogP) is 3.66. The highest BCUT2D eigenvalue weighted by molar-refractivity contribution is 6.42. The largest absolute Gasteiger partial charge is 0.367 e. The Morgan fingerprint density at radius 2 is 2.06 bits per heavy atom. The van der Waals surface area contributed by atoms with Crippen molar-refractivity contribution in [3.8, 4) is 0 Å². The van der Waals surface area contributed by atoms with Crippen molar-refractivity contribution in [1.82, 2.24) is 14.8 Å². The van der Waals surface area contributed by atoms with Gasteiger partial charge in [-0.3, -0.25) is 4.68 Å². The molecule has 18 heavy (non-hydrogen) atoms. The summed E-state index contributed by atoms with van der Waals surface area (Å²) >= 11 is 17.6. The molecule has 0 unspecified atom stereocenters. The Labute approximate surface area is 120 Å². The number of nitrogens with one attached hydrogen (secondary N) is 1. The third-order valence-electron chi connectivity index (χ3n) is 2.28. The lowest BCUT2D eigenvalue weighted by molar-refractivity contribution is 0.637. The second-order valence-electron chi connectivity index (χ2n) is 3.80. The van der Waals surface area contributed by atoms with Crippen LogP contribution in [0.15, 0.2) is 18.5 Å². The molecule has 0 aliphatic heterocycles. The Balaban J connectivity index is 1.96.